The summed E-state index contributed by atoms with van der Waals surface area (Å²) in [5, 5.41) is 10.4. The van der Waals surface area contributed by atoms with Crippen LogP contribution in [-0.4, -0.2) is 32.9 Å². The van der Waals surface area contributed by atoms with Crippen molar-refractivity contribution >= 4 is 0 Å². The molecule has 0 aromatic heterocycles. The van der Waals surface area contributed by atoms with E-state index in [1.807, 2.05) is 0 Å². The Bertz CT molecular complexity index is 459. The highest BCUT2D eigenvalue weighted by molar-refractivity contribution is 5.46. The molecule has 20 heavy (non-hydrogen) atoms. The van der Waals surface area contributed by atoms with Crippen LogP contribution in [0, 0.1) is 5.82 Å². The van der Waals surface area contributed by atoms with Gasteiger partial charge < -0.3 is 24.1 Å². The third-order valence-electron chi connectivity index (χ3n) is 3.40. The Kier molecular flexibility index (Phi) is 4.80. The van der Waals surface area contributed by atoms with Crippen LogP contribution in [-0.2, 0) is 15.1 Å². The molecule has 0 amide bonds. The zero-order chi connectivity index (χ0) is 14.6. The fourth-order valence-corrected chi connectivity index (χ4v) is 2.18. The molecule has 1 saturated carbocycles. The van der Waals surface area contributed by atoms with E-state index in [1.54, 1.807) is 6.07 Å². The summed E-state index contributed by atoms with van der Waals surface area (Å²) in [6, 6.07) is 3.10. The molecule has 0 aliphatic heterocycles. The van der Waals surface area contributed by atoms with E-state index in [9.17, 15) is 9.50 Å². The summed E-state index contributed by atoms with van der Waals surface area (Å²) in [4.78, 5) is 0. The van der Waals surface area contributed by atoms with Crippen LogP contribution in [0.4, 0.5) is 4.39 Å². The van der Waals surface area contributed by atoms with E-state index in [4.69, 9.17) is 18.9 Å². The van der Waals surface area contributed by atoms with Gasteiger partial charge in [-0.05, 0) is 31.4 Å². The van der Waals surface area contributed by atoms with Crippen molar-refractivity contribution in [3.8, 4) is 11.5 Å². The van der Waals surface area contributed by atoms with Crippen LogP contribution in [0.5, 0.6) is 11.5 Å². The summed E-state index contributed by atoms with van der Waals surface area (Å²) in [6.45, 7) is -0.169. The van der Waals surface area contributed by atoms with Crippen molar-refractivity contribution in [1.29, 1.82) is 0 Å². The molecule has 1 aliphatic carbocycles. The number of hydrogen-bond donors (Lipinski definition) is 1. The third-order valence-corrected chi connectivity index (χ3v) is 3.40. The number of hydrogen-bond acceptors (Lipinski definition) is 5. The first kappa shape index (κ1) is 15.0. The Morgan fingerprint density at radius 3 is 2.35 bits per heavy atom. The van der Waals surface area contributed by atoms with Crippen LogP contribution >= 0.6 is 0 Å². The van der Waals surface area contributed by atoms with E-state index >= 15 is 0 Å². The van der Waals surface area contributed by atoms with Crippen LogP contribution in [0.3, 0.4) is 0 Å². The minimum absolute atomic E-state index is 0.0182. The molecule has 0 radical (unpaired) electrons. The zero-order valence-corrected chi connectivity index (χ0v) is 11.6. The second kappa shape index (κ2) is 6.39. The molecule has 0 heterocycles. The highest BCUT2D eigenvalue weighted by Gasteiger charge is 2.40. The van der Waals surface area contributed by atoms with Crippen LogP contribution in [0.15, 0.2) is 12.1 Å². The maximum absolute atomic E-state index is 14.4. The first-order chi connectivity index (χ1) is 9.62. The number of benzene rings is 1. The largest absolute Gasteiger partial charge is 0.464 e. The molecular weight excluding hydrogens is 267 g/mol. The first-order valence-corrected chi connectivity index (χ1v) is 6.41. The Morgan fingerprint density at radius 1 is 1.15 bits per heavy atom. The van der Waals surface area contributed by atoms with Crippen molar-refractivity contribution in [2.75, 3.05) is 27.8 Å². The minimum atomic E-state index is -1.02. The maximum Gasteiger partial charge on any atom is 0.207 e. The molecule has 1 aromatic rings. The van der Waals surface area contributed by atoms with Crippen molar-refractivity contribution in [3.05, 3.63) is 23.5 Å². The van der Waals surface area contributed by atoms with Crippen LogP contribution in [0.1, 0.15) is 24.8 Å². The van der Waals surface area contributed by atoms with E-state index in [2.05, 4.69) is 0 Å². The second-order valence-electron chi connectivity index (χ2n) is 4.74. The Morgan fingerprint density at radius 2 is 1.80 bits per heavy atom. The second-order valence-corrected chi connectivity index (χ2v) is 4.74. The van der Waals surface area contributed by atoms with Gasteiger partial charge in [-0.2, -0.15) is 4.39 Å². The average molecular weight is 286 g/mol. The van der Waals surface area contributed by atoms with E-state index < -0.39 is 11.4 Å². The Labute approximate surface area is 117 Å². The molecule has 0 spiro atoms. The quantitative estimate of drug-likeness (QED) is 0.778. The predicted molar refractivity (Wildman–Crippen MR) is 69.2 cm³/mol. The summed E-state index contributed by atoms with van der Waals surface area (Å²) < 4.78 is 34.4. The smallest absolute Gasteiger partial charge is 0.207 e. The topological polar surface area (TPSA) is 57.2 Å². The lowest BCUT2D eigenvalue weighted by molar-refractivity contribution is -0.0441. The molecule has 1 fully saturated rings. The van der Waals surface area contributed by atoms with E-state index in [1.165, 1.54) is 20.3 Å². The highest BCUT2D eigenvalue weighted by atomic mass is 19.1. The lowest BCUT2D eigenvalue weighted by atomic mass is 9.75. The van der Waals surface area contributed by atoms with Gasteiger partial charge in [0, 0.05) is 19.8 Å². The van der Waals surface area contributed by atoms with Crippen LogP contribution in [0.2, 0.25) is 0 Å². The molecule has 1 aromatic carbocycles. The molecule has 6 heteroatoms. The van der Waals surface area contributed by atoms with Gasteiger partial charge >= 0.3 is 0 Å². The fraction of sp³-hybridized carbons (Fsp3) is 0.571. The monoisotopic (exact) mass is 286 g/mol. The first-order valence-electron chi connectivity index (χ1n) is 6.41. The predicted octanol–water partition coefficient (Wildman–Crippen LogP) is 2.16. The van der Waals surface area contributed by atoms with Gasteiger partial charge in [0.25, 0.3) is 0 Å². The molecule has 1 N–H and O–H groups in total. The van der Waals surface area contributed by atoms with Gasteiger partial charge in [0.2, 0.25) is 5.82 Å². The zero-order valence-electron chi connectivity index (χ0n) is 11.6. The summed E-state index contributed by atoms with van der Waals surface area (Å²) in [5.74, 6) is -0.663. The maximum atomic E-state index is 14.4. The minimum Gasteiger partial charge on any atom is -0.464 e. The molecule has 1 aliphatic rings. The van der Waals surface area contributed by atoms with Crippen LogP contribution < -0.4 is 9.47 Å². The Hall–Kier alpha value is -1.37. The molecule has 112 valence electrons. The molecule has 0 bridgehead atoms. The number of halogens is 1. The molecule has 5 nitrogen and oxygen atoms in total. The third kappa shape index (κ3) is 2.87. The van der Waals surface area contributed by atoms with Crippen molar-refractivity contribution in [2.45, 2.75) is 24.9 Å². The van der Waals surface area contributed by atoms with Crippen molar-refractivity contribution in [1.82, 2.24) is 0 Å². The van der Waals surface area contributed by atoms with E-state index in [0.29, 0.717) is 18.4 Å². The highest BCUT2D eigenvalue weighted by Crippen LogP contribution is 2.47. The lowest BCUT2D eigenvalue weighted by Crippen LogP contribution is -2.34. The van der Waals surface area contributed by atoms with Crippen LogP contribution in [0.25, 0.3) is 0 Å². The SMILES string of the molecule is COCOc1ccc(C2(O)CCC2)c(OCOC)c1F. The molecule has 0 saturated heterocycles. The van der Waals surface area contributed by atoms with Gasteiger partial charge in [-0.25, -0.2) is 0 Å². The van der Waals surface area contributed by atoms with Gasteiger partial charge in [-0.1, -0.05) is 0 Å². The van der Waals surface area contributed by atoms with Gasteiger partial charge in [-0.15, -0.1) is 0 Å². The summed E-state index contributed by atoms with van der Waals surface area (Å²) >= 11 is 0. The van der Waals surface area contributed by atoms with Gasteiger partial charge in [0.1, 0.15) is 0 Å². The fourth-order valence-electron chi connectivity index (χ4n) is 2.18. The molecule has 0 unspecified atom stereocenters. The van der Waals surface area contributed by atoms with Crippen molar-refractivity contribution in [2.24, 2.45) is 0 Å². The van der Waals surface area contributed by atoms with Crippen molar-refractivity contribution < 1.29 is 28.4 Å². The Balaban J connectivity index is 2.33. The standard InChI is InChI=1S/C14H19FO5/c1-17-8-19-11-5-4-10(14(16)6-3-7-14)13(12(11)15)20-9-18-2/h4-5,16H,3,6-9H2,1-2H3. The number of aliphatic hydroxyl groups is 1. The lowest BCUT2D eigenvalue weighted by Gasteiger charge is -2.38. The molecular formula is C14H19FO5. The molecule has 2 rings (SSSR count). The normalized spacial score (nSPS) is 16.6. The number of methoxy groups -OCH3 is 2. The van der Waals surface area contributed by atoms with E-state index in [0.717, 1.165) is 6.42 Å². The van der Waals surface area contributed by atoms with Gasteiger partial charge in [0.15, 0.2) is 25.1 Å². The van der Waals surface area contributed by atoms with E-state index in [-0.39, 0.29) is 25.1 Å². The molecule has 0 atom stereocenters. The number of rotatable bonds is 7. The summed E-state index contributed by atoms with van der Waals surface area (Å²) in [5.41, 5.74) is -0.591. The van der Waals surface area contributed by atoms with Crippen molar-refractivity contribution in [3.63, 3.8) is 0 Å². The number of ether oxygens (including phenoxy) is 4. The summed E-state index contributed by atoms with van der Waals surface area (Å²) in [6.07, 6.45) is 2.09. The van der Waals surface area contributed by atoms with Gasteiger partial charge in [0.05, 0.1) is 5.60 Å². The average Bonchev–Trinajstić information content (AvgIpc) is 2.42. The summed E-state index contributed by atoms with van der Waals surface area (Å²) in [7, 11) is 2.90. The van der Waals surface area contributed by atoms with Gasteiger partial charge in [-0.3, -0.25) is 0 Å².